The summed E-state index contributed by atoms with van der Waals surface area (Å²) < 4.78 is 5.62. The van der Waals surface area contributed by atoms with Gasteiger partial charge >= 0.3 is 0 Å². The second kappa shape index (κ2) is 4.34. The Morgan fingerprint density at radius 3 is 2.88 bits per heavy atom. The molecule has 16 heavy (non-hydrogen) atoms. The van der Waals surface area contributed by atoms with Crippen LogP contribution in [0.15, 0.2) is 18.2 Å². The summed E-state index contributed by atoms with van der Waals surface area (Å²) in [5.41, 5.74) is 1.19. The molecule has 1 N–H and O–H groups in total. The summed E-state index contributed by atoms with van der Waals surface area (Å²) in [6, 6.07) is 6.21. The number of aromatic hydroxyl groups is 1. The van der Waals surface area contributed by atoms with Gasteiger partial charge in [-0.3, -0.25) is 4.90 Å². The van der Waals surface area contributed by atoms with Crippen LogP contribution in [0.3, 0.4) is 0 Å². The molecule has 1 aromatic rings. The van der Waals surface area contributed by atoms with Gasteiger partial charge in [0.15, 0.2) is 0 Å². The average molecular weight is 221 g/mol. The molecule has 0 bridgehead atoms. The first kappa shape index (κ1) is 11.3. The van der Waals surface area contributed by atoms with Gasteiger partial charge in [0.1, 0.15) is 18.1 Å². The Labute approximate surface area is 96.6 Å². The number of hydrogen-bond acceptors (Lipinski definition) is 3. The molecule has 0 spiro atoms. The summed E-state index contributed by atoms with van der Waals surface area (Å²) in [6.07, 6.45) is 0. The van der Waals surface area contributed by atoms with Crippen LogP contribution in [0, 0.1) is 0 Å². The van der Waals surface area contributed by atoms with Crippen molar-refractivity contribution in [2.75, 3.05) is 13.2 Å². The highest BCUT2D eigenvalue weighted by atomic mass is 16.5. The van der Waals surface area contributed by atoms with Crippen LogP contribution in [0.5, 0.6) is 11.5 Å². The Kier molecular flexibility index (Phi) is 3.06. The van der Waals surface area contributed by atoms with E-state index in [0.717, 1.165) is 12.3 Å². The lowest BCUT2D eigenvalue weighted by Gasteiger charge is -2.30. The van der Waals surface area contributed by atoms with Crippen molar-refractivity contribution in [1.29, 1.82) is 0 Å². The fraction of sp³-hybridized carbons (Fsp3) is 0.538. The van der Waals surface area contributed by atoms with Gasteiger partial charge in [-0.05, 0) is 32.5 Å². The summed E-state index contributed by atoms with van der Waals surface area (Å²) in [5.74, 6) is 1.09. The number of hydrogen-bond donors (Lipinski definition) is 1. The molecule has 3 heteroatoms. The van der Waals surface area contributed by atoms with Crippen molar-refractivity contribution in [2.45, 2.75) is 32.9 Å². The lowest BCUT2D eigenvalue weighted by molar-refractivity contribution is 0.136. The van der Waals surface area contributed by atoms with Crippen molar-refractivity contribution < 1.29 is 9.84 Å². The van der Waals surface area contributed by atoms with Crippen molar-refractivity contribution in [3.63, 3.8) is 0 Å². The highest BCUT2D eigenvalue weighted by Gasteiger charge is 2.30. The molecule has 0 aliphatic carbocycles. The molecule has 0 radical (unpaired) electrons. The van der Waals surface area contributed by atoms with E-state index >= 15 is 0 Å². The maximum atomic E-state index is 9.39. The van der Waals surface area contributed by atoms with Gasteiger partial charge < -0.3 is 9.84 Å². The lowest BCUT2D eigenvalue weighted by Crippen LogP contribution is -2.35. The standard InChI is InChI=1S/C13H19NO2/c1-4-14(9(2)3)12-8-16-13-7-10(15)5-6-11(12)13/h5-7,9,12,15H,4,8H2,1-3H3. The molecular formula is C13H19NO2. The molecule has 2 rings (SSSR count). The van der Waals surface area contributed by atoms with Crippen LogP contribution >= 0.6 is 0 Å². The molecule has 88 valence electrons. The Balaban J connectivity index is 2.29. The summed E-state index contributed by atoms with van der Waals surface area (Å²) >= 11 is 0. The second-order valence-electron chi connectivity index (χ2n) is 4.47. The fourth-order valence-electron chi connectivity index (χ4n) is 2.40. The van der Waals surface area contributed by atoms with Crippen molar-refractivity contribution >= 4 is 0 Å². The number of benzene rings is 1. The molecule has 0 amide bonds. The van der Waals surface area contributed by atoms with Gasteiger partial charge in [-0.15, -0.1) is 0 Å². The highest BCUT2D eigenvalue weighted by Crippen LogP contribution is 2.38. The van der Waals surface area contributed by atoms with Gasteiger partial charge in [0.05, 0.1) is 6.04 Å². The minimum atomic E-state index is 0.270. The molecule has 0 saturated heterocycles. The maximum absolute atomic E-state index is 9.39. The fourth-order valence-corrected chi connectivity index (χ4v) is 2.40. The van der Waals surface area contributed by atoms with E-state index in [1.165, 1.54) is 5.56 Å². The van der Waals surface area contributed by atoms with E-state index in [9.17, 15) is 5.11 Å². The summed E-state index contributed by atoms with van der Waals surface area (Å²) in [7, 11) is 0. The zero-order valence-corrected chi connectivity index (χ0v) is 10.1. The number of fused-ring (bicyclic) bond motifs is 1. The molecule has 1 aliphatic heterocycles. The van der Waals surface area contributed by atoms with Crippen molar-refractivity contribution in [1.82, 2.24) is 4.90 Å². The van der Waals surface area contributed by atoms with E-state index in [1.54, 1.807) is 12.1 Å². The van der Waals surface area contributed by atoms with Gasteiger partial charge in [0, 0.05) is 17.7 Å². The first-order valence-corrected chi connectivity index (χ1v) is 5.85. The van der Waals surface area contributed by atoms with E-state index in [1.807, 2.05) is 6.07 Å². The van der Waals surface area contributed by atoms with Crippen molar-refractivity contribution in [3.05, 3.63) is 23.8 Å². The van der Waals surface area contributed by atoms with Gasteiger partial charge in [0.25, 0.3) is 0 Å². The van der Waals surface area contributed by atoms with E-state index in [-0.39, 0.29) is 5.75 Å². The third-order valence-electron chi connectivity index (χ3n) is 3.18. The van der Waals surface area contributed by atoms with Gasteiger partial charge in [-0.2, -0.15) is 0 Å². The predicted octanol–water partition coefficient (Wildman–Crippen LogP) is 2.56. The molecule has 1 aromatic carbocycles. The van der Waals surface area contributed by atoms with Crippen LogP contribution in [0.25, 0.3) is 0 Å². The topological polar surface area (TPSA) is 32.7 Å². The zero-order valence-electron chi connectivity index (χ0n) is 10.1. The number of likely N-dealkylation sites (N-methyl/N-ethyl adjacent to an activating group) is 1. The van der Waals surface area contributed by atoms with Gasteiger partial charge in [-0.25, -0.2) is 0 Å². The molecule has 0 saturated carbocycles. The first-order valence-electron chi connectivity index (χ1n) is 5.85. The molecule has 0 aromatic heterocycles. The first-order chi connectivity index (χ1) is 7.63. The largest absolute Gasteiger partial charge is 0.508 e. The molecular weight excluding hydrogens is 202 g/mol. The molecule has 3 nitrogen and oxygen atoms in total. The van der Waals surface area contributed by atoms with Crippen molar-refractivity contribution in [2.24, 2.45) is 0 Å². The Morgan fingerprint density at radius 1 is 1.50 bits per heavy atom. The minimum absolute atomic E-state index is 0.270. The Hall–Kier alpha value is -1.22. The quantitative estimate of drug-likeness (QED) is 0.851. The number of ether oxygens (including phenoxy) is 1. The van der Waals surface area contributed by atoms with Crippen LogP contribution in [0.1, 0.15) is 32.4 Å². The van der Waals surface area contributed by atoms with E-state index < -0.39 is 0 Å². The molecule has 1 aliphatic rings. The van der Waals surface area contributed by atoms with Gasteiger partial charge in [-0.1, -0.05) is 6.92 Å². The second-order valence-corrected chi connectivity index (χ2v) is 4.47. The van der Waals surface area contributed by atoms with Crippen LogP contribution < -0.4 is 4.74 Å². The zero-order chi connectivity index (χ0) is 11.7. The summed E-state index contributed by atoms with van der Waals surface area (Å²) in [4.78, 5) is 2.41. The third kappa shape index (κ3) is 1.87. The number of rotatable bonds is 3. The van der Waals surface area contributed by atoms with E-state index in [0.29, 0.717) is 18.7 Å². The van der Waals surface area contributed by atoms with E-state index in [2.05, 4.69) is 25.7 Å². The predicted molar refractivity (Wildman–Crippen MR) is 63.9 cm³/mol. The molecule has 0 fully saturated rings. The summed E-state index contributed by atoms with van der Waals surface area (Å²) in [6.45, 7) is 8.25. The normalized spacial score (nSPS) is 18.9. The lowest BCUT2D eigenvalue weighted by atomic mass is 10.1. The van der Waals surface area contributed by atoms with Crippen molar-refractivity contribution in [3.8, 4) is 11.5 Å². The molecule has 1 unspecified atom stereocenters. The third-order valence-corrected chi connectivity index (χ3v) is 3.18. The highest BCUT2D eigenvalue weighted by molar-refractivity contribution is 5.44. The van der Waals surface area contributed by atoms with Gasteiger partial charge in [0.2, 0.25) is 0 Å². The Morgan fingerprint density at radius 2 is 2.25 bits per heavy atom. The minimum Gasteiger partial charge on any atom is -0.508 e. The van der Waals surface area contributed by atoms with Crippen LogP contribution in [-0.4, -0.2) is 29.2 Å². The van der Waals surface area contributed by atoms with E-state index in [4.69, 9.17) is 4.74 Å². The number of phenolic OH excluding ortho intramolecular Hbond substituents is 1. The number of phenols is 1. The average Bonchev–Trinajstić information content (AvgIpc) is 2.62. The summed E-state index contributed by atoms with van der Waals surface area (Å²) in [5, 5.41) is 9.39. The van der Waals surface area contributed by atoms with Crippen LogP contribution in [0.4, 0.5) is 0 Å². The Bertz CT molecular complexity index is 376. The smallest absolute Gasteiger partial charge is 0.127 e. The van der Waals surface area contributed by atoms with Crippen LogP contribution in [0.2, 0.25) is 0 Å². The SMILES string of the molecule is CCN(C(C)C)C1COc2cc(O)ccc21. The van der Waals surface area contributed by atoms with Crippen LogP contribution in [-0.2, 0) is 0 Å². The molecule has 1 heterocycles. The monoisotopic (exact) mass is 221 g/mol. The molecule has 1 atom stereocenters. The number of nitrogens with zero attached hydrogens (tertiary/aromatic N) is 1. The maximum Gasteiger partial charge on any atom is 0.127 e.